The Balaban J connectivity index is 1.37. The van der Waals surface area contributed by atoms with Crippen molar-refractivity contribution in [2.24, 2.45) is 0 Å². The fourth-order valence-electron chi connectivity index (χ4n) is 3.64. The van der Waals surface area contributed by atoms with E-state index in [0.717, 1.165) is 27.0 Å². The normalized spacial score (nSPS) is 17.7. The van der Waals surface area contributed by atoms with Crippen LogP contribution in [0.2, 0.25) is 0 Å². The molecule has 1 aliphatic heterocycles. The standard InChI is InChI=1S/C20H23N5O3S3/c1-13-17(14(2)25(24-13)16-8-9-31(27,28)12-16)10-18(26)21-19-22-23-20(30-19)29-11-15-6-4-3-5-7-15/h3-7,16H,8-12H2,1-2H3,(H,21,22,26)/t16-/m1/s1. The van der Waals surface area contributed by atoms with Crippen LogP contribution >= 0.6 is 23.1 Å². The first-order valence-corrected chi connectivity index (χ1v) is 13.5. The summed E-state index contributed by atoms with van der Waals surface area (Å²) in [6.07, 6.45) is 0.716. The molecule has 0 saturated carbocycles. The molecule has 1 aromatic carbocycles. The lowest BCUT2D eigenvalue weighted by Gasteiger charge is -2.11. The van der Waals surface area contributed by atoms with E-state index in [1.54, 1.807) is 16.4 Å². The molecule has 1 amide bonds. The monoisotopic (exact) mass is 477 g/mol. The van der Waals surface area contributed by atoms with Gasteiger partial charge in [-0.15, -0.1) is 10.2 Å². The number of nitrogens with one attached hydrogen (secondary N) is 1. The number of carbonyl (C=O) groups is 1. The summed E-state index contributed by atoms with van der Waals surface area (Å²) in [7, 11) is -3.00. The minimum Gasteiger partial charge on any atom is -0.300 e. The second-order valence-electron chi connectivity index (χ2n) is 7.52. The molecule has 1 atom stereocenters. The number of amides is 1. The predicted molar refractivity (Wildman–Crippen MR) is 122 cm³/mol. The highest BCUT2D eigenvalue weighted by atomic mass is 32.2. The second kappa shape index (κ2) is 9.09. The molecule has 0 aliphatic carbocycles. The van der Waals surface area contributed by atoms with E-state index in [4.69, 9.17) is 0 Å². The number of sulfone groups is 1. The van der Waals surface area contributed by atoms with Crippen LogP contribution in [0.1, 0.15) is 35.0 Å². The van der Waals surface area contributed by atoms with Crippen LogP contribution in [0.3, 0.4) is 0 Å². The van der Waals surface area contributed by atoms with Gasteiger partial charge in [0.1, 0.15) is 0 Å². The van der Waals surface area contributed by atoms with Gasteiger partial charge in [-0.1, -0.05) is 53.4 Å². The van der Waals surface area contributed by atoms with Crippen molar-refractivity contribution in [3.8, 4) is 0 Å². The third-order valence-corrected chi connectivity index (χ3v) is 9.02. The fraction of sp³-hybridized carbons (Fsp3) is 0.400. The molecule has 1 fully saturated rings. The molecule has 0 radical (unpaired) electrons. The third-order valence-electron chi connectivity index (χ3n) is 5.22. The van der Waals surface area contributed by atoms with Crippen molar-refractivity contribution in [1.82, 2.24) is 20.0 Å². The molecular weight excluding hydrogens is 454 g/mol. The van der Waals surface area contributed by atoms with E-state index >= 15 is 0 Å². The topological polar surface area (TPSA) is 107 Å². The number of rotatable bonds is 7. The van der Waals surface area contributed by atoms with Crippen molar-refractivity contribution >= 4 is 44.0 Å². The van der Waals surface area contributed by atoms with Crippen molar-refractivity contribution in [1.29, 1.82) is 0 Å². The summed E-state index contributed by atoms with van der Waals surface area (Å²) in [6, 6.07) is 9.94. The minimum atomic E-state index is -3.00. The number of nitrogens with zero attached hydrogens (tertiary/aromatic N) is 4. The van der Waals surface area contributed by atoms with E-state index in [2.05, 4.69) is 32.7 Å². The quantitative estimate of drug-likeness (QED) is 0.411. The fourth-order valence-corrected chi connectivity index (χ4v) is 7.05. The average molecular weight is 478 g/mol. The van der Waals surface area contributed by atoms with E-state index < -0.39 is 9.84 Å². The van der Waals surface area contributed by atoms with Crippen LogP contribution in [-0.4, -0.2) is 45.8 Å². The first-order chi connectivity index (χ1) is 14.8. The zero-order valence-electron chi connectivity index (χ0n) is 17.2. The Morgan fingerprint density at radius 3 is 2.74 bits per heavy atom. The Morgan fingerprint density at radius 1 is 1.26 bits per heavy atom. The molecule has 1 aliphatic rings. The highest BCUT2D eigenvalue weighted by Gasteiger charge is 2.31. The van der Waals surface area contributed by atoms with Gasteiger partial charge >= 0.3 is 0 Å². The van der Waals surface area contributed by atoms with Gasteiger partial charge in [0.05, 0.1) is 29.7 Å². The number of benzene rings is 1. The molecule has 0 unspecified atom stereocenters. The number of carbonyl (C=O) groups excluding carboxylic acids is 1. The van der Waals surface area contributed by atoms with E-state index in [0.29, 0.717) is 11.6 Å². The summed E-state index contributed by atoms with van der Waals surface area (Å²) in [6.45, 7) is 3.73. The highest BCUT2D eigenvalue weighted by molar-refractivity contribution is 8.00. The van der Waals surface area contributed by atoms with Crippen LogP contribution in [0.15, 0.2) is 34.7 Å². The van der Waals surface area contributed by atoms with Crippen molar-refractivity contribution in [3.63, 3.8) is 0 Å². The van der Waals surface area contributed by atoms with Crippen LogP contribution in [0, 0.1) is 13.8 Å². The Kier molecular flexibility index (Phi) is 6.44. The van der Waals surface area contributed by atoms with Crippen molar-refractivity contribution < 1.29 is 13.2 Å². The van der Waals surface area contributed by atoms with Gasteiger partial charge in [0, 0.05) is 17.0 Å². The molecule has 0 spiro atoms. The van der Waals surface area contributed by atoms with Gasteiger partial charge in [0.2, 0.25) is 11.0 Å². The lowest BCUT2D eigenvalue weighted by molar-refractivity contribution is -0.115. The van der Waals surface area contributed by atoms with Gasteiger partial charge in [-0.25, -0.2) is 8.42 Å². The van der Waals surface area contributed by atoms with Crippen LogP contribution in [0.25, 0.3) is 0 Å². The zero-order valence-corrected chi connectivity index (χ0v) is 19.7. The molecule has 11 heteroatoms. The van der Waals surface area contributed by atoms with E-state index in [-0.39, 0.29) is 29.9 Å². The maximum absolute atomic E-state index is 12.6. The lowest BCUT2D eigenvalue weighted by atomic mass is 10.1. The number of hydrogen-bond acceptors (Lipinski definition) is 8. The van der Waals surface area contributed by atoms with Crippen LogP contribution < -0.4 is 5.32 Å². The number of thioether (sulfide) groups is 1. The lowest BCUT2D eigenvalue weighted by Crippen LogP contribution is -2.16. The zero-order chi connectivity index (χ0) is 22.0. The number of anilines is 1. The van der Waals surface area contributed by atoms with Crippen LogP contribution in [0.5, 0.6) is 0 Å². The van der Waals surface area contributed by atoms with E-state index in [9.17, 15) is 13.2 Å². The van der Waals surface area contributed by atoms with Gasteiger partial charge in [-0.3, -0.25) is 9.48 Å². The van der Waals surface area contributed by atoms with Gasteiger partial charge in [0.15, 0.2) is 14.2 Å². The number of aryl methyl sites for hydroxylation is 1. The first-order valence-electron chi connectivity index (χ1n) is 9.86. The molecule has 164 valence electrons. The maximum atomic E-state index is 12.6. The number of aromatic nitrogens is 4. The SMILES string of the molecule is Cc1nn([C@@H]2CCS(=O)(=O)C2)c(C)c1CC(=O)Nc1nnc(SCc2ccccc2)s1. The Morgan fingerprint density at radius 2 is 2.03 bits per heavy atom. The predicted octanol–water partition coefficient (Wildman–Crippen LogP) is 3.18. The largest absolute Gasteiger partial charge is 0.300 e. The van der Waals surface area contributed by atoms with Gasteiger partial charge < -0.3 is 5.32 Å². The van der Waals surface area contributed by atoms with Gasteiger partial charge in [-0.2, -0.15) is 5.10 Å². The summed E-state index contributed by atoms with van der Waals surface area (Å²) in [5.41, 5.74) is 3.61. The molecule has 0 bridgehead atoms. The maximum Gasteiger partial charge on any atom is 0.230 e. The number of hydrogen-bond donors (Lipinski definition) is 1. The van der Waals surface area contributed by atoms with Gasteiger partial charge in [-0.05, 0) is 25.8 Å². The Hall–Kier alpha value is -2.24. The van der Waals surface area contributed by atoms with Crippen molar-refractivity contribution in [2.45, 2.75) is 42.8 Å². The van der Waals surface area contributed by atoms with Crippen LogP contribution in [-0.2, 0) is 26.8 Å². The molecule has 8 nitrogen and oxygen atoms in total. The second-order valence-corrected chi connectivity index (χ2v) is 12.0. The molecule has 3 aromatic rings. The molecule has 1 N–H and O–H groups in total. The summed E-state index contributed by atoms with van der Waals surface area (Å²) < 4.78 is 26.2. The molecule has 4 rings (SSSR count). The van der Waals surface area contributed by atoms with Crippen molar-refractivity contribution in [3.05, 3.63) is 52.8 Å². The molecule has 1 saturated heterocycles. The molecular formula is C20H23N5O3S3. The molecule has 31 heavy (non-hydrogen) atoms. The van der Waals surface area contributed by atoms with Crippen molar-refractivity contribution in [2.75, 3.05) is 16.8 Å². The summed E-state index contributed by atoms with van der Waals surface area (Å²) in [4.78, 5) is 12.6. The molecule has 3 heterocycles. The summed E-state index contributed by atoms with van der Waals surface area (Å²) in [5, 5.41) is 16.0. The third kappa shape index (κ3) is 5.34. The summed E-state index contributed by atoms with van der Waals surface area (Å²) in [5.74, 6) is 0.890. The minimum absolute atomic E-state index is 0.106. The molecule has 2 aromatic heterocycles. The first kappa shape index (κ1) is 22.0. The Labute approximate surface area is 189 Å². The van der Waals surface area contributed by atoms with Crippen LogP contribution in [0.4, 0.5) is 5.13 Å². The van der Waals surface area contributed by atoms with E-state index in [1.807, 2.05) is 32.0 Å². The highest BCUT2D eigenvalue weighted by Crippen LogP contribution is 2.29. The smallest absolute Gasteiger partial charge is 0.230 e. The van der Waals surface area contributed by atoms with Gasteiger partial charge in [0.25, 0.3) is 0 Å². The summed E-state index contributed by atoms with van der Waals surface area (Å²) >= 11 is 2.92. The van der Waals surface area contributed by atoms with E-state index in [1.165, 1.54) is 16.9 Å². The average Bonchev–Trinajstić information content (AvgIpc) is 3.41. The Bertz CT molecular complexity index is 1190.